The van der Waals surface area contributed by atoms with Crippen LogP contribution in [0.25, 0.3) is 11.5 Å². The second-order valence-corrected chi connectivity index (χ2v) is 9.46. The van der Waals surface area contributed by atoms with Crippen LogP contribution in [0.3, 0.4) is 0 Å². The van der Waals surface area contributed by atoms with Crippen molar-refractivity contribution < 1.29 is 8.81 Å². The van der Waals surface area contributed by atoms with Crippen molar-refractivity contribution in [2.24, 2.45) is 0 Å². The minimum atomic E-state index is -0.283. The fraction of sp³-hybridized carbons (Fsp3) is 0.160. The van der Waals surface area contributed by atoms with Gasteiger partial charge in [-0.2, -0.15) is 0 Å². The number of nitrogens with zero attached hydrogens (tertiary/aromatic N) is 4. The molecule has 8 heteroatoms. The van der Waals surface area contributed by atoms with Gasteiger partial charge in [-0.3, -0.25) is 0 Å². The minimum absolute atomic E-state index is 0.283. The van der Waals surface area contributed by atoms with Crippen molar-refractivity contribution in [1.82, 2.24) is 19.7 Å². The van der Waals surface area contributed by atoms with Gasteiger partial charge in [-0.15, -0.1) is 21.5 Å². The normalized spacial score (nSPS) is 11.2. The number of halogens is 1. The lowest BCUT2D eigenvalue weighted by Crippen LogP contribution is -2.08. The summed E-state index contributed by atoms with van der Waals surface area (Å²) in [6.07, 6.45) is 3.31. The first-order valence-corrected chi connectivity index (χ1v) is 12.4. The van der Waals surface area contributed by atoms with Crippen molar-refractivity contribution in [3.8, 4) is 11.5 Å². The van der Waals surface area contributed by atoms with Crippen LogP contribution in [-0.4, -0.2) is 19.7 Å². The van der Waals surface area contributed by atoms with Crippen LogP contribution in [0.4, 0.5) is 4.39 Å². The Labute approximate surface area is 199 Å². The van der Waals surface area contributed by atoms with Crippen LogP contribution in [0.5, 0.6) is 0 Å². The molecule has 5 nitrogen and oxygen atoms in total. The summed E-state index contributed by atoms with van der Waals surface area (Å²) in [4.78, 5) is 5.81. The maximum absolute atomic E-state index is 13.2. The van der Waals surface area contributed by atoms with E-state index in [9.17, 15) is 4.39 Å². The molecule has 0 N–H and O–H groups in total. The second-order valence-electron chi connectivity index (χ2n) is 7.48. The average Bonchev–Trinajstić information content (AvgIpc) is 3.60. The molecule has 0 aliphatic heterocycles. The number of oxazole rings is 1. The van der Waals surface area contributed by atoms with Gasteiger partial charge in [-0.25, -0.2) is 9.37 Å². The molecule has 0 bridgehead atoms. The highest BCUT2D eigenvalue weighted by molar-refractivity contribution is 7.98. The zero-order valence-corrected chi connectivity index (χ0v) is 19.4. The summed E-state index contributed by atoms with van der Waals surface area (Å²) in [5.41, 5.74) is 2.83. The molecule has 0 aliphatic carbocycles. The predicted molar refractivity (Wildman–Crippen MR) is 129 cm³/mol. The standard InChI is InChI=1S/C25H21FN4OS2/c26-20-10-8-19(9-11-20)24-27-21(16-31-24)17-33-25-29-28-23(15-22-7-4-14-32-22)30(25)13-12-18-5-2-1-3-6-18/h1-11,14,16H,12-13,15,17H2. The molecule has 2 aromatic carbocycles. The highest BCUT2D eigenvalue weighted by Gasteiger charge is 2.15. The predicted octanol–water partition coefficient (Wildman–Crippen LogP) is 6.26. The number of rotatable bonds is 9. The van der Waals surface area contributed by atoms with Gasteiger partial charge in [-0.05, 0) is 47.7 Å². The number of thioether (sulfide) groups is 1. The van der Waals surface area contributed by atoms with Crippen LogP contribution in [-0.2, 0) is 25.1 Å². The largest absolute Gasteiger partial charge is 0.444 e. The molecule has 0 radical (unpaired) electrons. The van der Waals surface area contributed by atoms with Gasteiger partial charge in [0.05, 0.1) is 5.69 Å². The van der Waals surface area contributed by atoms with Crippen molar-refractivity contribution in [2.75, 3.05) is 0 Å². The lowest BCUT2D eigenvalue weighted by atomic mass is 10.1. The van der Waals surface area contributed by atoms with Crippen molar-refractivity contribution in [1.29, 1.82) is 0 Å². The topological polar surface area (TPSA) is 56.7 Å². The molecule has 0 unspecified atom stereocenters. The monoisotopic (exact) mass is 476 g/mol. The number of aromatic nitrogens is 4. The maximum Gasteiger partial charge on any atom is 0.226 e. The SMILES string of the molecule is Fc1ccc(-c2nc(CSc3nnc(Cc4cccs4)n3CCc3ccccc3)co2)cc1. The Hall–Kier alpha value is -3.23. The van der Waals surface area contributed by atoms with E-state index < -0.39 is 0 Å². The van der Waals surface area contributed by atoms with Crippen LogP contribution < -0.4 is 0 Å². The van der Waals surface area contributed by atoms with E-state index in [4.69, 9.17) is 4.42 Å². The summed E-state index contributed by atoms with van der Waals surface area (Å²) in [7, 11) is 0. The summed E-state index contributed by atoms with van der Waals surface area (Å²) >= 11 is 3.32. The smallest absolute Gasteiger partial charge is 0.226 e. The summed E-state index contributed by atoms with van der Waals surface area (Å²) in [5.74, 6) is 1.76. The molecule has 3 aromatic heterocycles. The molecular weight excluding hydrogens is 455 g/mol. The Kier molecular flexibility index (Phi) is 6.64. The average molecular weight is 477 g/mol. The highest BCUT2D eigenvalue weighted by Crippen LogP contribution is 2.26. The molecule has 0 amide bonds. The van der Waals surface area contributed by atoms with E-state index in [1.165, 1.54) is 22.6 Å². The molecule has 5 aromatic rings. The van der Waals surface area contributed by atoms with E-state index in [0.29, 0.717) is 11.6 Å². The minimum Gasteiger partial charge on any atom is -0.444 e. The van der Waals surface area contributed by atoms with Gasteiger partial charge in [0.15, 0.2) is 5.16 Å². The van der Waals surface area contributed by atoms with Crippen LogP contribution in [0, 0.1) is 5.82 Å². The molecule has 0 fully saturated rings. The maximum atomic E-state index is 13.2. The fourth-order valence-electron chi connectivity index (χ4n) is 3.47. The van der Waals surface area contributed by atoms with Gasteiger partial charge in [0.1, 0.15) is 17.9 Å². The molecule has 33 heavy (non-hydrogen) atoms. The van der Waals surface area contributed by atoms with Gasteiger partial charge >= 0.3 is 0 Å². The molecular formula is C25H21FN4OS2. The van der Waals surface area contributed by atoms with Crippen LogP contribution >= 0.6 is 23.1 Å². The first kappa shape index (κ1) is 21.6. The zero-order chi connectivity index (χ0) is 22.5. The Morgan fingerprint density at radius 2 is 1.82 bits per heavy atom. The third kappa shape index (κ3) is 5.40. The third-order valence-corrected chi connectivity index (χ3v) is 7.04. The molecule has 0 saturated heterocycles. The van der Waals surface area contributed by atoms with Gasteiger partial charge in [0.2, 0.25) is 5.89 Å². The Bertz CT molecular complexity index is 1300. The van der Waals surface area contributed by atoms with E-state index in [1.54, 1.807) is 41.5 Å². The highest BCUT2D eigenvalue weighted by atomic mass is 32.2. The number of thiophene rings is 1. The van der Waals surface area contributed by atoms with Gasteiger partial charge in [-0.1, -0.05) is 48.2 Å². The van der Waals surface area contributed by atoms with E-state index in [2.05, 4.69) is 61.5 Å². The number of hydrogen-bond donors (Lipinski definition) is 0. The molecule has 0 spiro atoms. The molecule has 0 atom stereocenters. The van der Waals surface area contributed by atoms with Gasteiger partial charge in [0, 0.05) is 29.2 Å². The Morgan fingerprint density at radius 1 is 0.970 bits per heavy atom. The summed E-state index contributed by atoms with van der Waals surface area (Å²) in [6, 6.07) is 20.7. The van der Waals surface area contributed by atoms with Crippen LogP contribution in [0.1, 0.15) is 22.0 Å². The molecule has 5 rings (SSSR count). The summed E-state index contributed by atoms with van der Waals surface area (Å²) < 4.78 is 21.0. The van der Waals surface area contributed by atoms with Crippen LogP contribution in [0.15, 0.2) is 87.9 Å². The molecule has 166 valence electrons. The van der Waals surface area contributed by atoms with E-state index in [1.807, 2.05) is 6.07 Å². The lowest BCUT2D eigenvalue weighted by Gasteiger charge is -2.10. The molecule has 0 saturated carbocycles. The summed E-state index contributed by atoms with van der Waals surface area (Å²) in [5, 5.41) is 11.9. The second kappa shape index (κ2) is 10.1. The quantitative estimate of drug-likeness (QED) is 0.235. The van der Waals surface area contributed by atoms with E-state index in [-0.39, 0.29) is 5.82 Å². The Morgan fingerprint density at radius 3 is 2.61 bits per heavy atom. The van der Waals surface area contributed by atoms with Gasteiger partial charge in [0.25, 0.3) is 0 Å². The number of benzene rings is 2. The molecule has 3 heterocycles. The van der Waals surface area contributed by atoms with Gasteiger partial charge < -0.3 is 8.98 Å². The number of hydrogen-bond acceptors (Lipinski definition) is 6. The van der Waals surface area contributed by atoms with E-state index >= 15 is 0 Å². The van der Waals surface area contributed by atoms with E-state index in [0.717, 1.165) is 41.6 Å². The zero-order valence-electron chi connectivity index (χ0n) is 17.7. The fourth-order valence-corrected chi connectivity index (χ4v) is 5.03. The van der Waals surface area contributed by atoms with Crippen LogP contribution in [0.2, 0.25) is 0 Å². The Balaban J connectivity index is 1.31. The van der Waals surface area contributed by atoms with Crippen molar-refractivity contribution >= 4 is 23.1 Å². The molecule has 0 aliphatic rings. The summed E-state index contributed by atoms with van der Waals surface area (Å²) in [6.45, 7) is 0.805. The van der Waals surface area contributed by atoms with Crippen molar-refractivity contribution in [3.05, 3.63) is 106 Å². The number of aryl methyl sites for hydroxylation is 1. The van der Waals surface area contributed by atoms with Crippen molar-refractivity contribution in [2.45, 2.75) is 30.3 Å². The lowest BCUT2D eigenvalue weighted by molar-refractivity contribution is 0.572. The first-order valence-electron chi connectivity index (χ1n) is 10.6. The van der Waals surface area contributed by atoms with Crippen molar-refractivity contribution in [3.63, 3.8) is 0 Å². The third-order valence-electron chi connectivity index (χ3n) is 5.16. The first-order chi connectivity index (χ1) is 16.2.